The maximum Gasteiger partial charge on any atom is 0.505 e. The molecule has 0 saturated heterocycles. The van der Waals surface area contributed by atoms with Gasteiger partial charge >= 0.3 is 6.16 Å². The van der Waals surface area contributed by atoms with Crippen molar-refractivity contribution in [1.29, 1.82) is 0 Å². The molecule has 0 aromatic rings. The second kappa shape index (κ2) is 3.41. The Morgan fingerprint density at radius 2 is 2.00 bits per heavy atom. The van der Waals surface area contributed by atoms with E-state index in [1.165, 1.54) is 0 Å². The average Bonchev–Trinajstić information content (AvgIpc) is 1.59. The molecule has 0 unspecified atom stereocenters. The third-order valence-corrected chi connectivity index (χ3v) is 0.988. The fourth-order valence-corrected chi connectivity index (χ4v) is 0.407. The predicted octanol–water partition coefficient (Wildman–Crippen LogP) is 0.387. The first-order valence-electron chi connectivity index (χ1n) is 3.08. The van der Waals surface area contributed by atoms with Crippen LogP contribution in [-0.4, -0.2) is 50.0 Å². The minimum atomic E-state index is -1.20. The quantitative estimate of drug-likeness (QED) is 0.465. The fourth-order valence-electron chi connectivity index (χ4n) is 0.407. The van der Waals surface area contributed by atoms with Gasteiger partial charge in [-0.1, -0.05) is 0 Å². The minimum absolute atomic E-state index is 0.263. The smallest absolute Gasteiger partial charge is 0.450 e. The number of likely N-dealkylation sites (N-methyl/N-ethyl adjacent to an activating group) is 1. The maximum atomic E-state index is 9.86. The van der Waals surface area contributed by atoms with Crippen molar-refractivity contribution >= 4 is 6.16 Å². The Morgan fingerprint density at radius 3 is 2.30 bits per heavy atom. The Labute approximate surface area is 60.6 Å². The molecule has 1 N–H and O–H groups in total. The van der Waals surface area contributed by atoms with Crippen molar-refractivity contribution < 1.29 is 19.1 Å². The molecule has 0 aliphatic rings. The number of carbonyl (C=O) groups is 1. The molecule has 0 fully saturated rings. The van der Waals surface area contributed by atoms with Gasteiger partial charge in [-0.3, -0.25) is 0 Å². The second-order valence-electron chi connectivity index (χ2n) is 3.13. The summed E-state index contributed by atoms with van der Waals surface area (Å²) in [6.45, 7) is 0.963. The fraction of sp³-hybridized carbons (Fsp3) is 0.833. The predicted molar refractivity (Wildman–Crippen MR) is 36.9 cm³/mol. The number of hydrogen-bond donors (Lipinski definition) is 1. The Balaban J connectivity index is 3.29. The second-order valence-corrected chi connectivity index (χ2v) is 3.13. The van der Waals surface area contributed by atoms with E-state index < -0.39 is 6.16 Å². The molecule has 0 atom stereocenters. The van der Waals surface area contributed by atoms with Crippen LogP contribution in [0.5, 0.6) is 0 Å². The lowest BCUT2D eigenvalue weighted by atomic mass is 10.5. The van der Waals surface area contributed by atoms with Crippen LogP contribution in [0.15, 0.2) is 0 Å². The molecule has 0 spiro atoms. The number of quaternary nitrogens is 1. The van der Waals surface area contributed by atoms with E-state index in [2.05, 4.69) is 4.74 Å². The molecule has 0 aliphatic heterocycles. The monoisotopic (exact) mass is 148 g/mol. The van der Waals surface area contributed by atoms with Crippen LogP contribution < -0.4 is 0 Å². The summed E-state index contributed by atoms with van der Waals surface area (Å²) in [6.07, 6.45) is -1.20. The van der Waals surface area contributed by atoms with E-state index in [1.807, 2.05) is 21.1 Å². The lowest BCUT2D eigenvalue weighted by molar-refractivity contribution is -0.870. The number of nitrogens with zero attached hydrogens (tertiary/aromatic N) is 1. The van der Waals surface area contributed by atoms with Gasteiger partial charge in [-0.2, -0.15) is 0 Å². The van der Waals surface area contributed by atoms with E-state index in [9.17, 15) is 4.79 Å². The minimum Gasteiger partial charge on any atom is -0.450 e. The number of hydrogen-bond acceptors (Lipinski definition) is 2. The summed E-state index contributed by atoms with van der Waals surface area (Å²) in [4.78, 5) is 9.86. The van der Waals surface area contributed by atoms with Gasteiger partial charge in [-0.25, -0.2) is 4.79 Å². The molecule has 0 radical (unpaired) electrons. The highest BCUT2D eigenvalue weighted by Gasteiger charge is 2.07. The summed E-state index contributed by atoms with van der Waals surface area (Å²) < 4.78 is 5.03. The third-order valence-electron chi connectivity index (χ3n) is 0.988. The van der Waals surface area contributed by atoms with Crippen LogP contribution in [0.3, 0.4) is 0 Å². The average molecular weight is 148 g/mol. The molecule has 0 rings (SSSR count). The van der Waals surface area contributed by atoms with Gasteiger partial charge in [0, 0.05) is 0 Å². The summed E-state index contributed by atoms with van der Waals surface area (Å²) >= 11 is 0. The number of ether oxygens (including phenoxy) is 1. The lowest BCUT2D eigenvalue weighted by Crippen LogP contribution is -2.37. The summed E-state index contributed by atoms with van der Waals surface area (Å²) in [5.74, 6) is 0. The zero-order chi connectivity index (χ0) is 8.20. The normalized spacial score (nSPS) is 11.1. The van der Waals surface area contributed by atoms with Gasteiger partial charge in [0.25, 0.3) is 0 Å². The highest BCUT2D eigenvalue weighted by atomic mass is 16.7. The van der Waals surface area contributed by atoms with Crippen molar-refractivity contribution in [2.75, 3.05) is 34.3 Å². The van der Waals surface area contributed by atoms with Crippen LogP contribution in [0.2, 0.25) is 0 Å². The topological polar surface area (TPSA) is 46.5 Å². The van der Waals surface area contributed by atoms with E-state index >= 15 is 0 Å². The molecule has 4 nitrogen and oxygen atoms in total. The zero-order valence-corrected chi connectivity index (χ0v) is 6.63. The first kappa shape index (κ1) is 9.23. The van der Waals surface area contributed by atoms with E-state index in [0.717, 1.165) is 0 Å². The van der Waals surface area contributed by atoms with Gasteiger partial charge in [0.15, 0.2) is 0 Å². The van der Waals surface area contributed by atoms with Crippen LogP contribution >= 0.6 is 0 Å². The maximum absolute atomic E-state index is 9.86. The SMILES string of the molecule is C[N+](C)(C)CCOC(=O)O. The first-order chi connectivity index (χ1) is 4.42. The van der Waals surface area contributed by atoms with Crippen molar-refractivity contribution in [3.05, 3.63) is 0 Å². The standard InChI is InChI=1S/C6H13NO3/c1-7(2,3)4-5-10-6(8)9/h4-5H2,1-3H3/p+1. The summed E-state index contributed by atoms with van der Waals surface area (Å²) in [7, 11) is 5.93. The third kappa shape index (κ3) is 7.23. The van der Waals surface area contributed by atoms with Crippen LogP contribution in [0.25, 0.3) is 0 Å². The van der Waals surface area contributed by atoms with E-state index in [0.29, 0.717) is 11.0 Å². The summed E-state index contributed by atoms with van der Waals surface area (Å²) in [5, 5.41) is 8.08. The summed E-state index contributed by atoms with van der Waals surface area (Å²) in [5.41, 5.74) is 0. The number of rotatable bonds is 3. The molecule has 0 aromatic heterocycles. The highest BCUT2D eigenvalue weighted by Crippen LogP contribution is 1.88. The van der Waals surface area contributed by atoms with Crippen molar-refractivity contribution in [1.82, 2.24) is 0 Å². The van der Waals surface area contributed by atoms with Crippen molar-refractivity contribution in [3.63, 3.8) is 0 Å². The van der Waals surface area contributed by atoms with Gasteiger partial charge in [-0.05, 0) is 0 Å². The molecule has 10 heavy (non-hydrogen) atoms. The van der Waals surface area contributed by atoms with E-state index in [1.54, 1.807) is 0 Å². The van der Waals surface area contributed by atoms with Crippen molar-refractivity contribution in [3.8, 4) is 0 Å². The van der Waals surface area contributed by atoms with Crippen LogP contribution in [0, 0.1) is 0 Å². The largest absolute Gasteiger partial charge is 0.505 e. The molecule has 0 aliphatic carbocycles. The molecule has 0 aromatic carbocycles. The van der Waals surface area contributed by atoms with E-state index in [4.69, 9.17) is 5.11 Å². The van der Waals surface area contributed by atoms with Gasteiger partial charge in [-0.15, -0.1) is 0 Å². The Bertz CT molecular complexity index is 117. The Morgan fingerprint density at radius 1 is 1.50 bits per heavy atom. The van der Waals surface area contributed by atoms with Gasteiger partial charge < -0.3 is 14.3 Å². The van der Waals surface area contributed by atoms with Crippen molar-refractivity contribution in [2.45, 2.75) is 0 Å². The Hall–Kier alpha value is -0.770. The van der Waals surface area contributed by atoms with Crippen LogP contribution in [0.1, 0.15) is 0 Å². The molecule has 4 heteroatoms. The molecule has 0 heterocycles. The first-order valence-corrected chi connectivity index (χ1v) is 3.08. The van der Waals surface area contributed by atoms with Crippen LogP contribution in [-0.2, 0) is 4.74 Å². The molecule has 0 saturated carbocycles. The molecule has 0 bridgehead atoms. The number of carboxylic acid groups (broad SMARTS) is 1. The molecular formula is C6H14NO3+. The van der Waals surface area contributed by atoms with E-state index in [-0.39, 0.29) is 6.61 Å². The molecular weight excluding hydrogens is 134 g/mol. The Kier molecular flexibility index (Phi) is 3.15. The molecule has 60 valence electrons. The highest BCUT2D eigenvalue weighted by molar-refractivity contribution is 5.56. The molecule has 0 amide bonds. The van der Waals surface area contributed by atoms with Crippen molar-refractivity contribution in [2.24, 2.45) is 0 Å². The lowest BCUT2D eigenvalue weighted by Gasteiger charge is -2.22. The van der Waals surface area contributed by atoms with Crippen LogP contribution in [0.4, 0.5) is 4.79 Å². The van der Waals surface area contributed by atoms with Gasteiger partial charge in [0.1, 0.15) is 13.2 Å². The zero-order valence-electron chi connectivity index (χ0n) is 6.63. The summed E-state index contributed by atoms with van der Waals surface area (Å²) in [6, 6.07) is 0. The van der Waals surface area contributed by atoms with Gasteiger partial charge in [0.05, 0.1) is 21.1 Å². The van der Waals surface area contributed by atoms with Gasteiger partial charge in [0.2, 0.25) is 0 Å².